The van der Waals surface area contributed by atoms with Crippen molar-refractivity contribution in [1.82, 2.24) is 10.3 Å². The van der Waals surface area contributed by atoms with E-state index in [1.165, 1.54) is 6.92 Å². The topological polar surface area (TPSA) is 115 Å². The molecule has 142 valence electrons. The third kappa shape index (κ3) is 3.57. The summed E-state index contributed by atoms with van der Waals surface area (Å²) in [5.74, 6) is -0.448. The van der Waals surface area contributed by atoms with Gasteiger partial charge in [0.05, 0.1) is 28.1 Å². The third-order valence-electron chi connectivity index (χ3n) is 4.72. The number of hydrogen-bond acceptors (Lipinski definition) is 5. The number of aromatic nitrogens is 1. The summed E-state index contributed by atoms with van der Waals surface area (Å²) in [5, 5.41) is 33.8. The highest BCUT2D eigenvalue weighted by molar-refractivity contribution is 9.10. The molecule has 2 aromatic rings. The molecule has 0 unspecified atom stereocenters. The van der Waals surface area contributed by atoms with Gasteiger partial charge < -0.3 is 30.4 Å². The van der Waals surface area contributed by atoms with E-state index in [2.05, 4.69) is 26.2 Å². The van der Waals surface area contributed by atoms with Crippen molar-refractivity contribution in [3.63, 3.8) is 0 Å². The Kier molecular flexibility index (Phi) is 5.78. The average molecular weight is 448 g/mol. The van der Waals surface area contributed by atoms with Crippen LogP contribution >= 0.6 is 27.5 Å². The van der Waals surface area contributed by atoms with Gasteiger partial charge in [-0.1, -0.05) is 11.6 Å². The van der Waals surface area contributed by atoms with Gasteiger partial charge in [0.2, 0.25) is 5.91 Å². The molecule has 1 fully saturated rings. The molecule has 9 heteroatoms. The molecule has 1 aliphatic carbocycles. The monoisotopic (exact) mass is 446 g/mol. The van der Waals surface area contributed by atoms with Gasteiger partial charge in [0.1, 0.15) is 18.0 Å². The minimum atomic E-state index is -1.26. The maximum absolute atomic E-state index is 11.5. The summed E-state index contributed by atoms with van der Waals surface area (Å²) in [7, 11) is 0. The van der Waals surface area contributed by atoms with E-state index in [0.29, 0.717) is 20.6 Å². The molecular weight excluding hydrogens is 428 g/mol. The normalized spacial score (nSPS) is 28.9. The van der Waals surface area contributed by atoms with Gasteiger partial charge in [-0.25, -0.2) is 0 Å². The van der Waals surface area contributed by atoms with Gasteiger partial charge in [-0.3, -0.25) is 4.79 Å². The number of aliphatic hydroxyl groups excluding tert-OH is 3. The molecule has 7 nitrogen and oxygen atoms in total. The van der Waals surface area contributed by atoms with Crippen molar-refractivity contribution >= 4 is 44.3 Å². The van der Waals surface area contributed by atoms with Crippen LogP contribution in [0.15, 0.2) is 22.8 Å². The van der Waals surface area contributed by atoms with E-state index < -0.39 is 30.3 Å². The summed E-state index contributed by atoms with van der Waals surface area (Å²) in [6, 6.07) is 2.84. The van der Waals surface area contributed by atoms with Crippen LogP contribution in [-0.4, -0.2) is 57.2 Å². The number of rotatable bonds is 4. The number of carbonyl (C=O) groups is 1. The zero-order chi connectivity index (χ0) is 19.0. The first-order chi connectivity index (χ1) is 12.3. The summed E-state index contributed by atoms with van der Waals surface area (Å²) < 4.78 is 6.79. The molecule has 1 saturated carbocycles. The summed E-state index contributed by atoms with van der Waals surface area (Å²) in [6.45, 7) is 1.03. The number of H-pyrrole nitrogens is 1. The fourth-order valence-corrected chi connectivity index (χ4v) is 3.98. The van der Waals surface area contributed by atoms with Crippen LogP contribution in [-0.2, 0) is 4.79 Å². The molecule has 26 heavy (non-hydrogen) atoms. The summed E-state index contributed by atoms with van der Waals surface area (Å²) in [4.78, 5) is 14.6. The third-order valence-corrected chi connectivity index (χ3v) is 6.00. The highest BCUT2D eigenvalue weighted by Crippen LogP contribution is 2.39. The standard InChI is InChI=1S/C17H20BrClN2O5/c1-7(23)21-15-11(4-8(6-22)16(24)17(15)25)26-12-5-20-10-3-2-9(18)14(19)13(10)12/h2-3,5,8,11,15-17,20,22,24-25H,4,6H2,1H3,(H,21,23)/t8-,11-,15-,16+,17-/m1/s1. The molecule has 0 saturated heterocycles. The maximum atomic E-state index is 11.5. The number of halogens is 2. The van der Waals surface area contributed by atoms with Crippen LogP contribution in [0.2, 0.25) is 5.02 Å². The fraction of sp³-hybridized carbons (Fsp3) is 0.471. The number of aromatic amines is 1. The number of hydrogen-bond donors (Lipinski definition) is 5. The van der Waals surface area contributed by atoms with Gasteiger partial charge in [0.25, 0.3) is 0 Å². The van der Waals surface area contributed by atoms with Crippen LogP contribution in [0.5, 0.6) is 5.75 Å². The van der Waals surface area contributed by atoms with Crippen LogP contribution in [0.4, 0.5) is 0 Å². The van der Waals surface area contributed by atoms with Gasteiger partial charge in [0, 0.05) is 30.1 Å². The Labute approximate surface area is 163 Å². The number of ether oxygens (including phenoxy) is 1. The van der Waals surface area contributed by atoms with Crippen molar-refractivity contribution in [3.05, 3.63) is 27.8 Å². The quantitative estimate of drug-likeness (QED) is 0.488. The van der Waals surface area contributed by atoms with Crippen molar-refractivity contribution < 1.29 is 24.9 Å². The SMILES string of the molecule is CC(=O)N[C@H]1[C@@H](O)[C@@H](O)[C@@H](CO)C[C@H]1Oc1c[nH]c2ccc(Br)c(Cl)c12. The van der Waals surface area contributed by atoms with Crippen molar-refractivity contribution in [2.24, 2.45) is 5.92 Å². The Morgan fingerprint density at radius 3 is 2.81 bits per heavy atom. The second-order valence-electron chi connectivity index (χ2n) is 6.48. The lowest BCUT2D eigenvalue weighted by atomic mass is 9.79. The van der Waals surface area contributed by atoms with Crippen molar-refractivity contribution in [1.29, 1.82) is 0 Å². The number of carbonyl (C=O) groups excluding carboxylic acids is 1. The Morgan fingerprint density at radius 2 is 2.15 bits per heavy atom. The summed E-state index contributed by atoms with van der Waals surface area (Å²) in [5.41, 5.74) is 0.777. The van der Waals surface area contributed by atoms with Gasteiger partial charge in [-0.2, -0.15) is 0 Å². The molecule has 5 atom stereocenters. The van der Waals surface area contributed by atoms with Gasteiger partial charge in [-0.05, 0) is 34.5 Å². The van der Waals surface area contributed by atoms with Gasteiger partial charge in [-0.15, -0.1) is 0 Å². The van der Waals surface area contributed by atoms with E-state index >= 15 is 0 Å². The maximum Gasteiger partial charge on any atom is 0.217 e. The van der Waals surface area contributed by atoms with E-state index in [1.54, 1.807) is 6.20 Å². The Bertz CT molecular complexity index is 814. The Morgan fingerprint density at radius 1 is 1.42 bits per heavy atom. The largest absolute Gasteiger partial charge is 0.486 e. The smallest absolute Gasteiger partial charge is 0.217 e. The highest BCUT2D eigenvalue weighted by atomic mass is 79.9. The van der Waals surface area contributed by atoms with Gasteiger partial charge in [0.15, 0.2) is 0 Å². The van der Waals surface area contributed by atoms with E-state index in [-0.39, 0.29) is 18.9 Å². The van der Waals surface area contributed by atoms with Crippen molar-refractivity contribution in [2.75, 3.05) is 6.61 Å². The molecule has 1 amide bonds. The first kappa shape index (κ1) is 19.4. The highest BCUT2D eigenvalue weighted by Gasteiger charge is 2.45. The number of amides is 1. The lowest BCUT2D eigenvalue weighted by Crippen LogP contribution is -2.62. The zero-order valence-electron chi connectivity index (χ0n) is 13.9. The Balaban J connectivity index is 1.95. The number of nitrogens with one attached hydrogen (secondary N) is 2. The number of aliphatic hydroxyl groups is 3. The van der Waals surface area contributed by atoms with Gasteiger partial charge >= 0.3 is 0 Å². The van der Waals surface area contributed by atoms with Crippen LogP contribution in [0.25, 0.3) is 10.9 Å². The first-order valence-electron chi connectivity index (χ1n) is 8.19. The van der Waals surface area contributed by atoms with Crippen LogP contribution < -0.4 is 10.1 Å². The molecule has 3 rings (SSSR count). The molecule has 0 radical (unpaired) electrons. The molecule has 0 spiro atoms. The van der Waals surface area contributed by atoms with Crippen LogP contribution in [0.1, 0.15) is 13.3 Å². The van der Waals surface area contributed by atoms with E-state index in [9.17, 15) is 20.1 Å². The minimum absolute atomic E-state index is 0.262. The molecule has 0 bridgehead atoms. The molecule has 1 aromatic carbocycles. The van der Waals surface area contributed by atoms with E-state index in [1.807, 2.05) is 12.1 Å². The van der Waals surface area contributed by atoms with E-state index in [0.717, 1.165) is 5.52 Å². The fourth-order valence-electron chi connectivity index (χ4n) is 3.40. The van der Waals surface area contributed by atoms with Crippen LogP contribution in [0.3, 0.4) is 0 Å². The predicted molar refractivity (Wildman–Crippen MR) is 100 cm³/mol. The molecule has 1 aromatic heterocycles. The molecular formula is C17H20BrClN2O5. The van der Waals surface area contributed by atoms with Crippen molar-refractivity contribution in [3.8, 4) is 5.75 Å². The molecule has 5 N–H and O–H groups in total. The second-order valence-corrected chi connectivity index (χ2v) is 7.71. The zero-order valence-corrected chi connectivity index (χ0v) is 16.3. The minimum Gasteiger partial charge on any atom is -0.486 e. The van der Waals surface area contributed by atoms with Crippen molar-refractivity contribution in [2.45, 2.75) is 37.7 Å². The lowest BCUT2D eigenvalue weighted by Gasteiger charge is -2.42. The van der Waals surface area contributed by atoms with Crippen LogP contribution in [0, 0.1) is 5.92 Å². The second kappa shape index (κ2) is 7.74. The number of fused-ring (bicyclic) bond motifs is 1. The summed E-state index contributed by atoms with van der Waals surface area (Å²) >= 11 is 9.75. The first-order valence-corrected chi connectivity index (χ1v) is 9.36. The lowest BCUT2D eigenvalue weighted by molar-refractivity contribution is -0.131. The Hall–Kier alpha value is -1.32. The molecule has 1 heterocycles. The summed E-state index contributed by atoms with van der Waals surface area (Å²) in [6.07, 6.45) is -1.15. The van der Waals surface area contributed by atoms with E-state index in [4.69, 9.17) is 16.3 Å². The molecule has 1 aliphatic rings. The molecule has 0 aliphatic heterocycles. The average Bonchev–Trinajstić information content (AvgIpc) is 3.01. The predicted octanol–water partition coefficient (Wildman–Crippen LogP) is 1.57. The number of benzene rings is 1.